The molecule has 240 valence electrons. The second kappa shape index (κ2) is 14.7. The molecule has 0 aliphatic carbocycles. The van der Waals surface area contributed by atoms with Crippen LogP contribution in [0.2, 0.25) is 0 Å². The van der Waals surface area contributed by atoms with Crippen LogP contribution in [0.15, 0.2) is 27.4 Å². The van der Waals surface area contributed by atoms with Gasteiger partial charge in [-0.1, -0.05) is 6.92 Å². The minimum absolute atomic E-state index is 0.00135. The Kier molecular flexibility index (Phi) is 11.3. The lowest BCUT2D eigenvalue weighted by molar-refractivity contribution is -0.288. The van der Waals surface area contributed by atoms with Crippen molar-refractivity contribution in [2.24, 2.45) is 0 Å². The van der Waals surface area contributed by atoms with Gasteiger partial charge in [-0.2, -0.15) is 0 Å². The molecule has 2 heterocycles. The summed E-state index contributed by atoms with van der Waals surface area (Å²) in [5.41, 5.74) is -1.01. The van der Waals surface area contributed by atoms with Crippen molar-refractivity contribution in [3.05, 3.63) is 28.6 Å². The predicted octanol–water partition coefficient (Wildman–Crippen LogP) is 2.36. The Hall–Kier alpha value is -4.66. The summed E-state index contributed by atoms with van der Waals surface area (Å²) in [7, 11) is 0. The molecule has 15 heteroatoms. The Bertz CT molecular complexity index is 1460. The highest BCUT2D eigenvalue weighted by molar-refractivity contribution is 5.88. The van der Waals surface area contributed by atoms with E-state index in [0.29, 0.717) is 0 Å². The highest BCUT2D eigenvalue weighted by Crippen LogP contribution is 2.37. The van der Waals surface area contributed by atoms with E-state index in [0.717, 1.165) is 27.7 Å². The number of hydrogen-bond acceptors (Lipinski definition) is 15. The first kappa shape index (κ1) is 33.8. The van der Waals surface area contributed by atoms with Gasteiger partial charge in [0.05, 0.1) is 11.5 Å². The van der Waals surface area contributed by atoms with Gasteiger partial charge in [-0.25, -0.2) is 4.79 Å². The Morgan fingerprint density at radius 2 is 1.45 bits per heavy atom. The third kappa shape index (κ3) is 8.69. The fourth-order valence-electron chi connectivity index (χ4n) is 4.25. The van der Waals surface area contributed by atoms with E-state index in [-0.39, 0.29) is 28.9 Å². The molecule has 1 aliphatic rings. The summed E-state index contributed by atoms with van der Waals surface area (Å²) < 4.78 is 49.5. The number of carbonyl (C=O) groups is 5. The molecule has 1 aliphatic heterocycles. The molecule has 0 amide bonds. The van der Waals surface area contributed by atoms with Crippen molar-refractivity contribution >= 4 is 40.8 Å². The zero-order valence-corrected chi connectivity index (χ0v) is 25.2. The van der Waals surface area contributed by atoms with Crippen LogP contribution in [0.25, 0.3) is 11.0 Å². The summed E-state index contributed by atoms with van der Waals surface area (Å²) in [4.78, 5) is 72.4. The van der Waals surface area contributed by atoms with Crippen molar-refractivity contribution in [2.45, 2.75) is 91.7 Å². The van der Waals surface area contributed by atoms with Crippen molar-refractivity contribution < 1.29 is 66.3 Å². The van der Waals surface area contributed by atoms with E-state index in [9.17, 15) is 28.8 Å². The van der Waals surface area contributed by atoms with Gasteiger partial charge in [-0.3, -0.25) is 24.0 Å². The molecular formula is C29H34O15. The van der Waals surface area contributed by atoms with E-state index < -0.39 is 84.6 Å². The van der Waals surface area contributed by atoms with E-state index in [1.54, 1.807) is 20.8 Å². The molecule has 1 saturated heterocycles. The van der Waals surface area contributed by atoms with E-state index in [2.05, 4.69) is 0 Å². The lowest BCUT2D eigenvalue weighted by atomic mass is 9.98. The molecule has 44 heavy (non-hydrogen) atoms. The van der Waals surface area contributed by atoms with Crippen LogP contribution in [0.3, 0.4) is 0 Å². The fraction of sp³-hybridized carbons (Fsp3) is 0.517. The normalized spacial score (nSPS) is 21.2. The Morgan fingerprint density at radius 1 is 0.841 bits per heavy atom. The number of esters is 5. The van der Waals surface area contributed by atoms with Gasteiger partial charge in [0.1, 0.15) is 24.0 Å². The van der Waals surface area contributed by atoms with Crippen molar-refractivity contribution in [1.82, 2.24) is 0 Å². The molecular weight excluding hydrogens is 588 g/mol. The van der Waals surface area contributed by atoms with Crippen LogP contribution in [-0.2, 0) is 47.7 Å². The lowest BCUT2D eigenvalue weighted by Crippen LogP contribution is -2.63. The number of carbonyl (C=O) groups excluding carboxylic acids is 5. The van der Waals surface area contributed by atoms with Gasteiger partial charge in [0.25, 0.3) is 5.75 Å². The number of rotatable bonds is 11. The fourth-order valence-corrected chi connectivity index (χ4v) is 4.25. The van der Waals surface area contributed by atoms with Gasteiger partial charge < -0.3 is 42.3 Å². The molecule has 0 bridgehead atoms. The van der Waals surface area contributed by atoms with Gasteiger partial charge in [0.15, 0.2) is 18.0 Å². The van der Waals surface area contributed by atoms with Gasteiger partial charge >= 0.3 is 35.5 Å². The molecule has 1 aromatic carbocycles. The largest absolute Gasteiger partial charge is 0.486 e. The van der Waals surface area contributed by atoms with E-state index in [1.807, 2.05) is 0 Å². The van der Waals surface area contributed by atoms with E-state index >= 15 is 0 Å². The first-order chi connectivity index (χ1) is 20.7. The summed E-state index contributed by atoms with van der Waals surface area (Å²) in [6.45, 7) is 8.99. The zero-order valence-electron chi connectivity index (χ0n) is 25.2. The monoisotopic (exact) mass is 622 g/mol. The molecule has 2 aromatic rings. The van der Waals surface area contributed by atoms with Gasteiger partial charge in [-0.15, -0.1) is 0 Å². The third-order valence-electron chi connectivity index (χ3n) is 5.85. The molecule has 0 unspecified atom stereocenters. The van der Waals surface area contributed by atoms with Crippen LogP contribution in [0.1, 0.15) is 54.9 Å². The number of ether oxygens (including phenoxy) is 8. The maximum absolute atomic E-state index is 12.8. The van der Waals surface area contributed by atoms with E-state index in [4.69, 9.17) is 42.3 Å². The van der Waals surface area contributed by atoms with Crippen molar-refractivity contribution in [3.8, 4) is 17.2 Å². The Labute approximate surface area is 251 Å². The second-order valence-electron chi connectivity index (χ2n) is 9.89. The van der Waals surface area contributed by atoms with Crippen molar-refractivity contribution in [1.29, 1.82) is 0 Å². The third-order valence-corrected chi connectivity index (χ3v) is 5.85. The Morgan fingerprint density at radius 3 is 2.02 bits per heavy atom. The zero-order chi connectivity index (χ0) is 32.7. The molecule has 1 aromatic heterocycles. The minimum Gasteiger partial charge on any atom is -0.486 e. The average molecular weight is 623 g/mol. The number of fused-ring (bicyclic) bond motifs is 1. The topological polar surface area (TPSA) is 189 Å². The molecule has 0 saturated carbocycles. The van der Waals surface area contributed by atoms with Crippen LogP contribution >= 0.6 is 0 Å². The van der Waals surface area contributed by atoms with E-state index in [1.165, 1.54) is 18.2 Å². The molecule has 1 fully saturated rings. The van der Waals surface area contributed by atoms with Crippen molar-refractivity contribution in [2.75, 3.05) is 6.61 Å². The first-order valence-electron chi connectivity index (χ1n) is 13.6. The summed E-state index contributed by atoms with van der Waals surface area (Å²) in [6.07, 6.45) is -7.45. The predicted molar refractivity (Wildman–Crippen MR) is 147 cm³/mol. The summed E-state index contributed by atoms with van der Waals surface area (Å²) in [5, 5.41) is 0.270. The Balaban J connectivity index is 2.09. The van der Waals surface area contributed by atoms with Gasteiger partial charge in [0.2, 0.25) is 12.4 Å². The lowest BCUT2D eigenvalue weighted by Gasteiger charge is -2.43. The molecule has 3 rings (SSSR count). The smallest absolute Gasteiger partial charge is 0.383 e. The second-order valence-corrected chi connectivity index (χ2v) is 9.89. The highest BCUT2D eigenvalue weighted by atomic mass is 16.7. The van der Waals surface area contributed by atoms with Gasteiger partial charge in [-0.05, 0) is 26.0 Å². The highest BCUT2D eigenvalue weighted by Gasteiger charge is 2.53. The van der Waals surface area contributed by atoms with Crippen LogP contribution < -0.4 is 19.8 Å². The molecule has 5 atom stereocenters. The standard InChI is InChI=1S/C29H34O15/c1-8-22(34)44-26-23(37-13(2)3)19-10-9-18(11-20(19)42-28(26)35)41-29-27(40-17(7)33)25(39-16(6)32)24(38-15(5)31)21(43-29)12-36-14(4)30/h9-11,13,21,24-25,27,29H,8,12H2,1-7H3/t21-,24-,25+,27-,29-/m1/s1. The maximum Gasteiger partial charge on any atom is 0.383 e. The van der Waals surface area contributed by atoms with Crippen LogP contribution in [0.5, 0.6) is 17.2 Å². The van der Waals surface area contributed by atoms with Crippen LogP contribution in [0, 0.1) is 0 Å². The SMILES string of the molecule is CCC(=O)Oc1c(OC(C)C)c2ccc(O[C@@H]3O[C@H](COC(C)=O)[C@@H](OC(C)=O)[C@H](OC(C)=O)[C@H]3OC(C)=O)cc2oc1=O. The number of benzene rings is 1. The van der Waals surface area contributed by atoms with Crippen LogP contribution in [-0.4, -0.2) is 73.3 Å². The van der Waals surface area contributed by atoms with Crippen molar-refractivity contribution in [3.63, 3.8) is 0 Å². The summed E-state index contributed by atoms with van der Waals surface area (Å²) in [5.74, 6) is -4.15. The van der Waals surface area contributed by atoms with Crippen LogP contribution in [0.4, 0.5) is 0 Å². The quantitative estimate of drug-likeness (QED) is 0.201. The van der Waals surface area contributed by atoms with Gasteiger partial charge in [0, 0.05) is 40.2 Å². The molecule has 0 radical (unpaired) electrons. The minimum atomic E-state index is -1.52. The summed E-state index contributed by atoms with van der Waals surface area (Å²) >= 11 is 0. The maximum atomic E-state index is 12.8. The first-order valence-corrected chi connectivity index (χ1v) is 13.6. The molecule has 0 spiro atoms. The summed E-state index contributed by atoms with van der Waals surface area (Å²) in [6, 6.07) is 4.22. The molecule has 15 nitrogen and oxygen atoms in total. The number of hydrogen-bond donors (Lipinski definition) is 0. The molecule has 0 N–H and O–H groups in total. The average Bonchev–Trinajstić information content (AvgIpc) is 2.91.